The van der Waals surface area contributed by atoms with Gasteiger partial charge in [0, 0.05) is 25.2 Å². The molecule has 0 aliphatic heterocycles. The number of thiazole rings is 1. The lowest BCUT2D eigenvalue weighted by molar-refractivity contribution is 0.102. The lowest BCUT2D eigenvalue weighted by atomic mass is 10.3. The molecule has 0 saturated heterocycles. The second kappa shape index (κ2) is 7.63. The number of H-pyrrole nitrogens is 2. The zero-order chi connectivity index (χ0) is 19.6. The number of nitrogens with zero attached hydrogens (tertiary/aromatic N) is 4. The van der Waals surface area contributed by atoms with E-state index < -0.39 is 17.2 Å². The third-order valence-electron chi connectivity index (χ3n) is 3.61. The summed E-state index contributed by atoms with van der Waals surface area (Å²) in [6.07, 6.45) is 3.30. The molecule has 1 amide bonds. The van der Waals surface area contributed by atoms with Crippen LogP contribution in [-0.4, -0.2) is 35.2 Å². The first-order valence-electron chi connectivity index (χ1n) is 7.69. The third kappa shape index (κ3) is 4.01. The molecule has 3 aromatic rings. The molecule has 3 heterocycles. The Balaban J connectivity index is 1.77. The Morgan fingerprint density at radius 1 is 1.48 bits per heavy atom. The van der Waals surface area contributed by atoms with Gasteiger partial charge in [-0.25, -0.2) is 9.78 Å². The van der Waals surface area contributed by atoms with Crippen LogP contribution in [0.25, 0.3) is 0 Å². The average Bonchev–Trinajstić information content (AvgIpc) is 3.19. The molecule has 0 aliphatic carbocycles. The summed E-state index contributed by atoms with van der Waals surface area (Å²) >= 11 is 6.38. The van der Waals surface area contributed by atoms with Crippen LogP contribution >= 0.6 is 23.6 Å². The fourth-order valence-electron chi connectivity index (χ4n) is 2.30. The lowest BCUT2D eigenvalue weighted by Gasteiger charge is -2.03. The van der Waals surface area contributed by atoms with Gasteiger partial charge in [0.2, 0.25) is 0 Å². The van der Waals surface area contributed by atoms with E-state index in [-0.39, 0.29) is 5.56 Å². The number of aromatic amines is 2. The Morgan fingerprint density at radius 3 is 3.00 bits per heavy atom. The number of amides is 1. The summed E-state index contributed by atoms with van der Waals surface area (Å²) < 4.78 is 3.40. The molecule has 0 spiro atoms. The minimum absolute atomic E-state index is 0.180. The number of anilines is 1. The highest BCUT2D eigenvalue weighted by atomic mass is 32.1. The van der Waals surface area contributed by atoms with E-state index in [2.05, 4.69) is 32.1 Å². The van der Waals surface area contributed by atoms with Crippen molar-refractivity contribution in [2.75, 3.05) is 5.32 Å². The molecule has 3 N–H and O–H groups in total. The summed E-state index contributed by atoms with van der Waals surface area (Å²) in [6, 6.07) is 0. The van der Waals surface area contributed by atoms with Crippen LogP contribution in [-0.2, 0) is 20.0 Å². The Bertz CT molecular complexity index is 1180. The molecule has 0 saturated carbocycles. The molecule has 0 bridgehead atoms. The van der Waals surface area contributed by atoms with Gasteiger partial charge in [-0.2, -0.15) is 5.10 Å². The fourth-order valence-corrected chi connectivity index (χ4v) is 3.23. The van der Waals surface area contributed by atoms with E-state index in [0.717, 1.165) is 4.57 Å². The van der Waals surface area contributed by atoms with Crippen molar-refractivity contribution < 1.29 is 4.79 Å². The number of aryl methyl sites for hydroxylation is 1. The summed E-state index contributed by atoms with van der Waals surface area (Å²) in [4.78, 5) is 41.8. The summed E-state index contributed by atoms with van der Waals surface area (Å²) in [6.45, 7) is 4.21. The van der Waals surface area contributed by atoms with Crippen molar-refractivity contribution in [1.82, 2.24) is 29.3 Å². The van der Waals surface area contributed by atoms with Crippen LogP contribution in [0.15, 0.2) is 33.8 Å². The molecule has 3 rings (SSSR count). The predicted octanol–water partition coefficient (Wildman–Crippen LogP) is 0.813. The van der Waals surface area contributed by atoms with Gasteiger partial charge in [-0.05, 0) is 12.2 Å². The SMILES string of the molecule is C=CCn1c(Cc2csc(NC(=O)c3cn(C)c(=O)[nH]c3=O)n2)n[nH]c1=S. The summed E-state index contributed by atoms with van der Waals surface area (Å²) in [5.41, 5.74) is -0.849. The normalized spacial score (nSPS) is 10.7. The Hall–Kier alpha value is -3.12. The number of allylic oxidation sites excluding steroid dienone is 1. The van der Waals surface area contributed by atoms with Crippen LogP contribution in [0.3, 0.4) is 0 Å². The molecule has 27 heavy (non-hydrogen) atoms. The van der Waals surface area contributed by atoms with Crippen molar-refractivity contribution in [2.24, 2.45) is 7.05 Å². The van der Waals surface area contributed by atoms with Crippen molar-refractivity contribution in [3.05, 3.63) is 66.9 Å². The van der Waals surface area contributed by atoms with Crippen LogP contribution in [0, 0.1) is 4.77 Å². The van der Waals surface area contributed by atoms with Gasteiger partial charge in [0.1, 0.15) is 11.4 Å². The van der Waals surface area contributed by atoms with Crippen molar-refractivity contribution in [1.29, 1.82) is 0 Å². The van der Waals surface area contributed by atoms with Gasteiger partial charge >= 0.3 is 5.69 Å². The minimum Gasteiger partial charge on any atom is -0.303 e. The van der Waals surface area contributed by atoms with Gasteiger partial charge in [0.25, 0.3) is 11.5 Å². The standard InChI is InChI=1S/C15H15N7O3S2/c1-3-4-22-10(19-20-15(22)26)5-8-7-27-13(16-8)17-11(23)9-6-21(2)14(25)18-12(9)24/h3,6-7H,1,4-5H2,2H3,(H,20,26)(H,16,17,23)(H,18,24,25). The van der Waals surface area contributed by atoms with Crippen molar-refractivity contribution in [3.8, 4) is 0 Å². The molecule has 3 aromatic heterocycles. The van der Waals surface area contributed by atoms with E-state index >= 15 is 0 Å². The van der Waals surface area contributed by atoms with Gasteiger partial charge in [-0.1, -0.05) is 6.08 Å². The zero-order valence-electron chi connectivity index (χ0n) is 14.2. The predicted molar refractivity (Wildman–Crippen MR) is 103 cm³/mol. The number of aromatic nitrogens is 6. The molecule has 12 heteroatoms. The van der Waals surface area contributed by atoms with Crippen molar-refractivity contribution in [2.45, 2.75) is 13.0 Å². The molecule has 140 valence electrons. The molecule has 0 atom stereocenters. The molecule has 0 aliphatic rings. The van der Waals surface area contributed by atoms with Gasteiger partial charge < -0.3 is 4.57 Å². The summed E-state index contributed by atoms with van der Waals surface area (Å²) in [5, 5.41) is 11.6. The van der Waals surface area contributed by atoms with Crippen LogP contribution in [0.2, 0.25) is 0 Å². The summed E-state index contributed by atoms with van der Waals surface area (Å²) in [7, 11) is 1.44. The van der Waals surface area contributed by atoms with E-state index in [1.54, 1.807) is 16.0 Å². The number of carbonyl (C=O) groups is 1. The Kier molecular flexibility index (Phi) is 5.28. The number of hydrogen-bond acceptors (Lipinski definition) is 7. The van der Waals surface area contributed by atoms with Gasteiger partial charge in [-0.15, -0.1) is 17.9 Å². The first-order valence-corrected chi connectivity index (χ1v) is 8.98. The van der Waals surface area contributed by atoms with E-state index in [0.29, 0.717) is 34.4 Å². The quantitative estimate of drug-likeness (QED) is 0.411. The zero-order valence-corrected chi connectivity index (χ0v) is 15.8. The highest BCUT2D eigenvalue weighted by Gasteiger charge is 2.15. The number of carbonyl (C=O) groups excluding carboxylic acids is 1. The molecule has 0 unspecified atom stereocenters. The summed E-state index contributed by atoms with van der Waals surface area (Å²) in [5.74, 6) is 0.0414. The van der Waals surface area contributed by atoms with Crippen LogP contribution in [0.5, 0.6) is 0 Å². The molecular weight excluding hydrogens is 390 g/mol. The molecule has 0 fully saturated rings. The number of hydrogen-bond donors (Lipinski definition) is 3. The minimum atomic E-state index is -0.757. The number of nitrogens with one attached hydrogen (secondary N) is 3. The van der Waals surface area contributed by atoms with E-state index in [1.165, 1.54) is 24.6 Å². The monoisotopic (exact) mass is 405 g/mol. The second-order valence-electron chi connectivity index (χ2n) is 5.53. The maximum atomic E-state index is 12.3. The molecule has 0 aromatic carbocycles. The smallest absolute Gasteiger partial charge is 0.303 e. The van der Waals surface area contributed by atoms with Gasteiger partial charge in [0.15, 0.2) is 9.90 Å². The van der Waals surface area contributed by atoms with Gasteiger partial charge in [0.05, 0.1) is 12.1 Å². The van der Waals surface area contributed by atoms with Crippen LogP contribution < -0.4 is 16.6 Å². The highest BCUT2D eigenvalue weighted by molar-refractivity contribution is 7.71. The Labute approximate surface area is 161 Å². The maximum Gasteiger partial charge on any atom is 0.328 e. The molecule has 0 radical (unpaired) electrons. The average molecular weight is 405 g/mol. The maximum absolute atomic E-state index is 12.3. The first-order chi connectivity index (χ1) is 12.9. The third-order valence-corrected chi connectivity index (χ3v) is 4.73. The van der Waals surface area contributed by atoms with E-state index in [4.69, 9.17) is 12.2 Å². The van der Waals surface area contributed by atoms with Crippen LogP contribution in [0.1, 0.15) is 21.9 Å². The fraction of sp³-hybridized carbons (Fsp3) is 0.200. The van der Waals surface area contributed by atoms with Crippen LogP contribution in [0.4, 0.5) is 5.13 Å². The first kappa shape index (κ1) is 18.7. The largest absolute Gasteiger partial charge is 0.328 e. The second-order valence-corrected chi connectivity index (χ2v) is 6.78. The highest BCUT2D eigenvalue weighted by Crippen LogP contribution is 2.18. The van der Waals surface area contributed by atoms with Gasteiger partial charge in [-0.3, -0.25) is 29.6 Å². The molecule has 10 nitrogen and oxygen atoms in total. The van der Waals surface area contributed by atoms with Crippen molar-refractivity contribution >= 4 is 34.6 Å². The lowest BCUT2D eigenvalue weighted by Crippen LogP contribution is -2.33. The topological polar surface area (TPSA) is 130 Å². The number of rotatable bonds is 6. The Morgan fingerprint density at radius 2 is 2.26 bits per heavy atom. The van der Waals surface area contributed by atoms with E-state index in [9.17, 15) is 14.4 Å². The van der Waals surface area contributed by atoms with E-state index in [1.807, 2.05) is 0 Å². The molecular formula is C15H15N7O3S2. The van der Waals surface area contributed by atoms with Crippen molar-refractivity contribution in [3.63, 3.8) is 0 Å².